The number of rotatable bonds is 2. The van der Waals surface area contributed by atoms with E-state index in [2.05, 4.69) is 10.6 Å². The molecule has 7 nitrogen and oxygen atoms in total. The van der Waals surface area contributed by atoms with Crippen molar-refractivity contribution in [1.82, 2.24) is 15.5 Å². The molecule has 1 atom stereocenters. The Morgan fingerprint density at radius 3 is 2.63 bits per heavy atom. The van der Waals surface area contributed by atoms with Crippen LogP contribution in [0.2, 0.25) is 0 Å². The Labute approximate surface area is 111 Å². The predicted molar refractivity (Wildman–Crippen MR) is 69.5 cm³/mol. The maximum atomic E-state index is 12.2. The molecule has 2 heterocycles. The Morgan fingerprint density at radius 2 is 2.00 bits per heavy atom. The highest BCUT2D eigenvalue weighted by Gasteiger charge is 2.34. The zero-order valence-corrected chi connectivity index (χ0v) is 10.8. The van der Waals surface area contributed by atoms with Crippen molar-refractivity contribution in [1.29, 1.82) is 5.41 Å². The van der Waals surface area contributed by atoms with Crippen molar-refractivity contribution >= 4 is 17.7 Å². The number of amides is 2. The largest absolute Gasteiger partial charge is 0.465 e. The standard InChI is InChI=1S/C12H20N4O3/c13-8-1-2-10(16(7-8)12(18)19)11(17)15-9-3-5-14-6-4-9/h9-10,13-14H,1-7H2,(H,15,17)(H,18,19)/t10-/m0/s1. The monoisotopic (exact) mass is 268 g/mol. The average Bonchev–Trinajstić information content (AvgIpc) is 2.39. The lowest BCUT2D eigenvalue weighted by Gasteiger charge is -2.34. The number of nitrogens with zero attached hydrogens (tertiary/aromatic N) is 1. The van der Waals surface area contributed by atoms with Gasteiger partial charge in [0.15, 0.2) is 0 Å². The average molecular weight is 268 g/mol. The summed E-state index contributed by atoms with van der Waals surface area (Å²) in [7, 11) is 0. The van der Waals surface area contributed by atoms with Crippen molar-refractivity contribution in [2.45, 2.75) is 37.8 Å². The van der Waals surface area contributed by atoms with Crippen molar-refractivity contribution in [2.75, 3.05) is 19.6 Å². The topological polar surface area (TPSA) is 106 Å². The van der Waals surface area contributed by atoms with Crippen LogP contribution in [0.25, 0.3) is 0 Å². The van der Waals surface area contributed by atoms with Gasteiger partial charge in [0.05, 0.1) is 6.54 Å². The van der Waals surface area contributed by atoms with Crippen LogP contribution in [0, 0.1) is 5.41 Å². The van der Waals surface area contributed by atoms with Gasteiger partial charge in [-0.25, -0.2) is 4.79 Å². The molecule has 0 unspecified atom stereocenters. The molecular weight excluding hydrogens is 248 g/mol. The fourth-order valence-corrected chi connectivity index (χ4v) is 2.60. The smallest absolute Gasteiger partial charge is 0.408 e. The van der Waals surface area contributed by atoms with E-state index < -0.39 is 12.1 Å². The fraction of sp³-hybridized carbons (Fsp3) is 0.750. The van der Waals surface area contributed by atoms with Gasteiger partial charge in [-0.05, 0) is 38.8 Å². The highest BCUT2D eigenvalue weighted by atomic mass is 16.4. The number of hydrogen-bond acceptors (Lipinski definition) is 4. The van der Waals surface area contributed by atoms with Gasteiger partial charge in [0, 0.05) is 11.8 Å². The van der Waals surface area contributed by atoms with Gasteiger partial charge in [-0.1, -0.05) is 0 Å². The van der Waals surface area contributed by atoms with Crippen LogP contribution in [0.5, 0.6) is 0 Å². The molecule has 0 saturated carbocycles. The van der Waals surface area contributed by atoms with Crippen molar-refractivity contribution < 1.29 is 14.7 Å². The second-order valence-corrected chi connectivity index (χ2v) is 5.10. The third-order valence-corrected chi connectivity index (χ3v) is 3.69. The highest BCUT2D eigenvalue weighted by molar-refractivity contribution is 5.93. The van der Waals surface area contributed by atoms with E-state index in [9.17, 15) is 9.59 Å². The van der Waals surface area contributed by atoms with Crippen LogP contribution in [0.15, 0.2) is 0 Å². The van der Waals surface area contributed by atoms with Crippen LogP contribution in [-0.4, -0.2) is 59.4 Å². The second kappa shape index (κ2) is 6.01. The first-order chi connectivity index (χ1) is 9.08. The fourth-order valence-electron chi connectivity index (χ4n) is 2.60. The summed E-state index contributed by atoms with van der Waals surface area (Å²) in [6.45, 7) is 1.80. The number of carboxylic acid groups (broad SMARTS) is 1. The van der Waals surface area contributed by atoms with Crippen molar-refractivity contribution in [3.8, 4) is 0 Å². The molecule has 0 aliphatic carbocycles. The van der Waals surface area contributed by atoms with E-state index in [1.807, 2.05) is 0 Å². The van der Waals surface area contributed by atoms with Gasteiger partial charge in [-0.3, -0.25) is 9.69 Å². The van der Waals surface area contributed by atoms with Gasteiger partial charge in [0.25, 0.3) is 0 Å². The van der Waals surface area contributed by atoms with Crippen LogP contribution >= 0.6 is 0 Å². The SMILES string of the molecule is N=C1CC[C@@H](C(=O)NC2CCNCC2)N(C(=O)O)C1. The quantitative estimate of drug-likeness (QED) is 0.566. The second-order valence-electron chi connectivity index (χ2n) is 5.10. The van der Waals surface area contributed by atoms with Gasteiger partial charge in [0.1, 0.15) is 6.04 Å². The van der Waals surface area contributed by atoms with E-state index in [1.54, 1.807) is 0 Å². The third-order valence-electron chi connectivity index (χ3n) is 3.69. The number of carbonyl (C=O) groups excluding carboxylic acids is 1. The Balaban J connectivity index is 1.95. The molecule has 2 fully saturated rings. The first-order valence-electron chi connectivity index (χ1n) is 6.65. The van der Waals surface area contributed by atoms with E-state index in [4.69, 9.17) is 10.5 Å². The van der Waals surface area contributed by atoms with Gasteiger partial charge in [-0.2, -0.15) is 0 Å². The minimum atomic E-state index is -1.13. The number of likely N-dealkylation sites (tertiary alicyclic amines) is 1. The molecule has 2 aliphatic heterocycles. The molecule has 19 heavy (non-hydrogen) atoms. The van der Waals surface area contributed by atoms with Gasteiger partial charge >= 0.3 is 6.09 Å². The summed E-state index contributed by atoms with van der Waals surface area (Å²) in [5.41, 5.74) is 0.369. The lowest BCUT2D eigenvalue weighted by atomic mass is 9.99. The third kappa shape index (κ3) is 3.44. The minimum absolute atomic E-state index is 0.0413. The minimum Gasteiger partial charge on any atom is -0.465 e. The zero-order valence-electron chi connectivity index (χ0n) is 10.8. The summed E-state index contributed by atoms with van der Waals surface area (Å²) >= 11 is 0. The molecule has 2 amide bonds. The van der Waals surface area contributed by atoms with E-state index in [0.29, 0.717) is 18.6 Å². The molecular formula is C12H20N4O3. The molecule has 0 aromatic rings. The summed E-state index contributed by atoms with van der Waals surface area (Å²) < 4.78 is 0. The number of piperidine rings is 2. The van der Waals surface area contributed by atoms with E-state index in [0.717, 1.165) is 30.8 Å². The Hall–Kier alpha value is -1.63. The van der Waals surface area contributed by atoms with Crippen LogP contribution in [0.1, 0.15) is 25.7 Å². The van der Waals surface area contributed by atoms with E-state index in [-0.39, 0.29) is 18.5 Å². The molecule has 4 N–H and O–H groups in total. The molecule has 2 saturated heterocycles. The normalized spacial score (nSPS) is 25.2. The first kappa shape index (κ1) is 13.8. The molecule has 7 heteroatoms. The van der Waals surface area contributed by atoms with Crippen LogP contribution in [0.4, 0.5) is 4.79 Å². The Kier molecular flexibility index (Phi) is 4.36. The number of nitrogens with one attached hydrogen (secondary N) is 3. The predicted octanol–water partition coefficient (Wildman–Crippen LogP) is 0.0168. The number of carbonyl (C=O) groups is 2. The van der Waals surface area contributed by atoms with Gasteiger partial charge in [0.2, 0.25) is 5.91 Å². The van der Waals surface area contributed by atoms with E-state index in [1.165, 1.54) is 0 Å². The maximum absolute atomic E-state index is 12.2. The van der Waals surface area contributed by atoms with Crippen molar-refractivity contribution in [3.05, 3.63) is 0 Å². The lowest BCUT2D eigenvalue weighted by molar-refractivity contribution is -0.127. The summed E-state index contributed by atoms with van der Waals surface area (Å²) in [5.74, 6) is -0.221. The zero-order chi connectivity index (χ0) is 13.8. The molecule has 2 aliphatic rings. The van der Waals surface area contributed by atoms with Crippen molar-refractivity contribution in [3.63, 3.8) is 0 Å². The van der Waals surface area contributed by atoms with Crippen molar-refractivity contribution in [2.24, 2.45) is 0 Å². The summed E-state index contributed by atoms with van der Waals surface area (Å²) in [4.78, 5) is 24.4. The molecule has 0 aromatic heterocycles. The number of hydrogen-bond donors (Lipinski definition) is 4. The van der Waals surface area contributed by atoms with Crippen LogP contribution in [-0.2, 0) is 4.79 Å². The Morgan fingerprint density at radius 1 is 1.32 bits per heavy atom. The molecule has 106 valence electrons. The molecule has 0 bridgehead atoms. The van der Waals surface area contributed by atoms with Gasteiger partial charge < -0.3 is 21.1 Å². The molecule has 0 aromatic carbocycles. The van der Waals surface area contributed by atoms with Gasteiger partial charge in [-0.15, -0.1) is 0 Å². The van der Waals surface area contributed by atoms with Crippen LogP contribution in [0.3, 0.4) is 0 Å². The van der Waals surface area contributed by atoms with E-state index >= 15 is 0 Å². The lowest BCUT2D eigenvalue weighted by Crippen LogP contribution is -2.56. The summed E-state index contributed by atoms with van der Waals surface area (Å²) in [6.07, 6.45) is 1.52. The first-order valence-corrected chi connectivity index (χ1v) is 6.65. The summed E-state index contributed by atoms with van der Waals surface area (Å²) in [5, 5.41) is 22.8. The molecule has 2 rings (SSSR count). The van der Waals surface area contributed by atoms with Crippen LogP contribution < -0.4 is 10.6 Å². The Bertz CT molecular complexity index is 379. The molecule has 0 spiro atoms. The highest BCUT2D eigenvalue weighted by Crippen LogP contribution is 2.16. The molecule has 0 radical (unpaired) electrons. The maximum Gasteiger partial charge on any atom is 0.408 e. The summed E-state index contributed by atoms with van der Waals surface area (Å²) in [6, 6.07) is -0.521.